The van der Waals surface area contributed by atoms with Crippen LogP contribution in [0.1, 0.15) is 31.5 Å². The summed E-state index contributed by atoms with van der Waals surface area (Å²) in [5.41, 5.74) is 2.23. The Morgan fingerprint density at radius 2 is 1.83 bits per heavy atom. The van der Waals surface area contributed by atoms with Crippen LogP contribution >= 0.6 is 0 Å². The van der Waals surface area contributed by atoms with E-state index in [2.05, 4.69) is 30.7 Å². The molecular formula is C19H19N3O. The fourth-order valence-electron chi connectivity index (χ4n) is 2.56. The predicted octanol–water partition coefficient (Wildman–Crippen LogP) is 2.84. The summed E-state index contributed by atoms with van der Waals surface area (Å²) in [5.74, 6) is 6.20. The fourth-order valence-corrected chi connectivity index (χ4v) is 2.56. The lowest BCUT2D eigenvalue weighted by Crippen LogP contribution is -2.44. The molecule has 23 heavy (non-hydrogen) atoms. The molecule has 0 N–H and O–H groups in total. The van der Waals surface area contributed by atoms with Gasteiger partial charge in [0.2, 0.25) is 5.91 Å². The SMILES string of the molecule is CN1N(c2ccc(C#Cc3ccccc3)nc2)C(=O)CC1(C)C. The second-order valence-corrected chi connectivity index (χ2v) is 6.24. The van der Waals surface area contributed by atoms with Crippen molar-refractivity contribution in [3.8, 4) is 11.8 Å². The lowest BCUT2D eigenvalue weighted by atomic mass is 10.0. The van der Waals surface area contributed by atoms with Crippen LogP contribution in [0.2, 0.25) is 0 Å². The van der Waals surface area contributed by atoms with Crippen molar-refractivity contribution in [1.82, 2.24) is 9.99 Å². The highest BCUT2D eigenvalue weighted by atomic mass is 16.2. The van der Waals surface area contributed by atoms with Crippen molar-refractivity contribution in [2.75, 3.05) is 12.1 Å². The van der Waals surface area contributed by atoms with Crippen molar-refractivity contribution in [1.29, 1.82) is 0 Å². The highest BCUT2D eigenvalue weighted by Crippen LogP contribution is 2.31. The summed E-state index contributed by atoms with van der Waals surface area (Å²) in [5, 5.41) is 3.64. The van der Waals surface area contributed by atoms with Gasteiger partial charge in [-0.2, -0.15) is 0 Å². The third kappa shape index (κ3) is 3.10. The molecule has 2 aromatic rings. The standard InChI is InChI=1S/C19H19N3O/c1-19(2)13-18(23)22(21(19)3)17-12-11-16(20-14-17)10-9-15-7-5-4-6-8-15/h4-8,11-12,14H,13H2,1-3H3. The molecule has 0 saturated carbocycles. The van der Waals surface area contributed by atoms with E-state index < -0.39 is 0 Å². The van der Waals surface area contributed by atoms with Gasteiger partial charge in [-0.05, 0) is 44.0 Å². The van der Waals surface area contributed by atoms with Crippen LogP contribution in [-0.2, 0) is 4.79 Å². The van der Waals surface area contributed by atoms with E-state index in [0.29, 0.717) is 12.1 Å². The van der Waals surface area contributed by atoms with Gasteiger partial charge >= 0.3 is 0 Å². The van der Waals surface area contributed by atoms with Crippen LogP contribution in [0, 0.1) is 11.8 Å². The second-order valence-electron chi connectivity index (χ2n) is 6.24. The average molecular weight is 305 g/mol. The van der Waals surface area contributed by atoms with Gasteiger partial charge in [-0.25, -0.2) is 15.0 Å². The number of hydrogen-bond donors (Lipinski definition) is 0. The molecule has 0 spiro atoms. The first-order valence-corrected chi connectivity index (χ1v) is 7.57. The largest absolute Gasteiger partial charge is 0.273 e. The van der Waals surface area contributed by atoms with Crippen LogP contribution in [0.25, 0.3) is 0 Å². The molecule has 1 amide bonds. The van der Waals surface area contributed by atoms with E-state index in [4.69, 9.17) is 0 Å². The predicted molar refractivity (Wildman–Crippen MR) is 90.6 cm³/mol. The monoisotopic (exact) mass is 305 g/mol. The number of hydrogen-bond acceptors (Lipinski definition) is 3. The van der Waals surface area contributed by atoms with Crippen molar-refractivity contribution < 1.29 is 4.79 Å². The Hall–Kier alpha value is -2.64. The molecule has 3 rings (SSSR count). The maximum absolute atomic E-state index is 12.2. The summed E-state index contributed by atoms with van der Waals surface area (Å²) in [6.45, 7) is 4.11. The Morgan fingerprint density at radius 3 is 2.39 bits per heavy atom. The topological polar surface area (TPSA) is 36.4 Å². The smallest absolute Gasteiger partial charge is 0.243 e. The van der Waals surface area contributed by atoms with Crippen LogP contribution < -0.4 is 5.01 Å². The molecule has 1 aliphatic rings. The van der Waals surface area contributed by atoms with Gasteiger partial charge in [0.25, 0.3) is 0 Å². The first-order chi connectivity index (χ1) is 11.0. The molecular weight excluding hydrogens is 286 g/mol. The van der Waals surface area contributed by atoms with E-state index in [1.807, 2.05) is 54.5 Å². The number of carbonyl (C=O) groups is 1. The molecule has 0 bridgehead atoms. The zero-order valence-corrected chi connectivity index (χ0v) is 13.6. The van der Waals surface area contributed by atoms with E-state index in [0.717, 1.165) is 11.3 Å². The summed E-state index contributed by atoms with van der Waals surface area (Å²) in [6, 6.07) is 13.5. The third-order valence-electron chi connectivity index (χ3n) is 4.10. The van der Waals surface area contributed by atoms with Crippen molar-refractivity contribution in [3.63, 3.8) is 0 Å². The maximum Gasteiger partial charge on any atom is 0.243 e. The minimum atomic E-state index is -0.178. The highest BCUT2D eigenvalue weighted by molar-refractivity contribution is 5.95. The van der Waals surface area contributed by atoms with Gasteiger partial charge in [-0.3, -0.25) is 4.79 Å². The van der Waals surface area contributed by atoms with Gasteiger partial charge < -0.3 is 0 Å². The van der Waals surface area contributed by atoms with Crippen LogP contribution in [-0.4, -0.2) is 28.5 Å². The van der Waals surface area contributed by atoms with Crippen molar-refractivity contribution >= 4 is 11.6 Å². The van der Waals surface area contributed by atoms with E-state index in [9.17, 15) is 4.79 Å². The summed E-state index contributed by atoms with van der Waals surface area (Å²) in [6.07, 6.45) is 2.20. The number of anilines is 1. The molecule has 0 radical (unpaired) electrons. The second kappa shape index (κ2) is 5.86. The van der Waals surface area contributed by atoms with E-state index in [1.54, 1.807) is 11.2 Å². The number of hydrazine groups is 1. The van der Waals surface area contributed by atoms with Crippen molar-refractivity contribution in [2.45, 2.75) is 25.8 Å². The molecule has 1 saturated heterocycles. The summed E-state index contributed by atoms with van der Waals surface area (Å²) in [4.78, 5) is 16.6. The van der Waals surface area contributed by atoms with Gasteiger partial charge in [0.1, 0.15) is 5.69 Å². The molecule has 4 nitrogen and oxygen atoms in total. The lowest BCUT2D eigenvalue weighted by Gasteiger charge is -2.32. The molecule has 1 aliphatic heterocycles. The minimum absolute atomic E-state index is 0.0856. The highest BCUT2D eigenvalue weighted by Gasteiger charge is 2.41. The van der Waals surface area contributed by atoms with Gasteiger partial charge in [0, 0.05) is 24.6 Å². The van der Waals surface area contributed by atoms with Gasteiger partial charge in [0.05, 0.1) is 11.9 Å². The zero-order valence-electron chi connectivity index (χ0n) is 13.6. The third-order valence-corrected chi connectivity index (χ3v) is 4.10. The number of aromatic nitrogens is 1. The Kier molecular flexibility index (Phi) is 3.89. The molecule has 116 valence electrons. The lowest BCUT2D eigenvalue weighted by molar-refractivity contribution is -0.117. The number of nitrogens with zero attached hydrogens (tertiary/aromatic N) is 3. The molecule has 1 aromatic carbocycles. The van der Waals surface area contributed by atoms with E-state index >= 15 is 0 Å². The first kappa shape index (κ1) is 15.3. The van der Waals surface area contributed by atoms with E-state index in [1.165, 1.54) is 0 Å². The number of rotatable bonds is 1. The first-order valence-electron chi connectivity index (χ1n) is 7.57. The van der Waals surface area contributed by atoms with Gasteiger partial charge in [-0.15, -0.1) is 0 Å². The Bertz CT molecular complexity index is 770. The van der Waals surface area contributed by atoms with Gasteiger partial charge in [0.15, 0.2) is 0 Å². The summed E-state index contributed by atoms with van der Waals surface area (Å²) in [7, 11) is 1.92. The Morgan fingerprint density at radius 1 is 1.09 bits per heavy atom. The van der Waals surface area contributed by atoms with Crippen molar-refractivity contribution in [3.05, 3.63) is 59.9 Å². The number of pyridine rings is 1. The van der Waals surface area contributed by atoms with Crippen LogP contribution in [0.5, 0.6) is 0 Å². The minimum Gasteiger partial charge on any atom is -0.273 e. The molecule has 0 aliphatic carbocycles. The quantitative estimate of drug-likeness (QED) is 0.760. The van der Waals surface area contributed by atoms with E-state index in [-0.39, 0.29) is 11.4 Å². The molecule has 4 heteroatoms. The van der Waals surface area contributed by atoms with Crippen LogP contribution in [0.15, 0.2) is 48.7 Å². The number of benzene rings is 1. The van der Waals surface area contributed by atoms with Crippen molar-refractivity contribution in [2.24, 2.45) is 0 Å². The fraction of sp³-hybridized carbons (Fsp3) is 0.263. The van der Waals surface area contributed by atoms with Crippen LogP contribution in [0.3, 0.4) is 0 Å². The summed E-state index contributed by atoms with van der Waals surface area (Å²) >= 11 is 0. The van der Waals surface area contributed by atoms with Crippen LogP contribution in [0.4, 0.5) is 5.69 Å². The summed E-state index contributed by atoms with van der Waals surface area (Å²) < 4.78 is 0. The molecule has 2 heterocycles. The zero-order chi connectivity index (χ0) is 16.4. The number of carbonyl (C=O) groups excluding carboxylic acids is 1. The number of amides is 1. The Labute approximate surface area is 136 Å². The average Bonchev–Trinajstić information content (AvgIpc) is 2.75. The molecule has 1 fully saturated rings. The normalized spacial score (nSPS) is 17.0. The Balaban J connectivity index is 1.81. The molecule has 0 unspecified atom stereocenters. The van der Waals surface area contributed by atoms with Gasteiger partial charge in [-0.1, -0.05) is 24.1 Å². The molecule has 1 aromatic heterocycles. The molecule has 0 atom stereocenters. The maximum atomic E-state index is 12.2.